The van der Waals surface area contributed by atoms with Crippen LogP contribution in [0, 0.1) is 6.92 Å². The van der Waals surface area contributed by atoms with Crippen LogP contribution in [-0.4, -0.2) is 16.8 Å². The summed E-state index contributed by atoms with van der Waals surface area (Å²) in [5, 5.41) is 0. The first kappa shape index (κ1) is 6.65. The van der Waals surface area contributed by atoms with Crippen LogP contribution >= 0.6 is 0 Å². The summed E-state index contributed by atoms with van der Waals surface area (Å²) in [4.78, 5) is 4.38. The van der Waals surface area contributed by atoms with Crippen LogP contribution in [0.1, 0.15) is 18.3 Å². The van der Waals surface area contributed by atoms with E-state index >= 15 is 0 Å². The largest absolute Gasteiger partial charge is 0.342 e. The highest BCUT2D eigenvalue weighted by Gasteiger charge is 2.10. The average Bonchev–Trinajstić information content (AvgIpc) is 2.35. The second-order valence-corrected chi connectivity index (χ2v) is 2.98. The Morgan fingerprint density at radius 1 is 1.36 bits per heavy atom. The fraction of sp³-hybridized carbons (Fsp3) is 0.444. The highest BCUT2D eigenvalue weighted by atomic mass is 15.0. The lowest BCUT2D eigenvalue weighted by atomic mass is 10.2. The first-order chi connectivity index (χ1) is 5.29. The van der Waals surface area contributed by atoms with Crippen molar-refractivity contribution in [1.82, 2.24) is 4.57 Å². The molecule has 2 rings (SSSR count). The molecule has 0 saturated carbocycles. The number of aryl methyl sites for hydroxylation is 1. The highest BCUT2D eigenvalue weighted by molar-refractivity contribution is 5.97. The molecule has 2 heterocycles. The molecule has 0 amide bonds. The van der Waals surface area contributed by atoms with Gasteiger partial charge in [0, 0.05) is 12.2 Å². The molecule has 11 heavy (non-hydrogen) atoms. The van der Waals surface area contributed by atoms with E-state index in [2.05, 4.69) is 35.5 Å². The van der Waals surface area contributed by atoms with Crippen molar-refractivity contribution in [2.75, 3.05) is 6.54 Å². The van der Waals surface area contributed by atoms with E-state index in [1.165, 1.54) is 17.1 Å². The van der Waals surface area contributed by atoms with Gasteiger partial charge in [0.2, 0.25) is 0 Å². The van der Waals surface area contributed by atoms with E-state index in [0.717, 1.165) is 13.1 Å². The minimum absolute atomic E-state index is 0.939. The number of fused-ring (bicyclic) bond motifs is 1. The van der Waals surface area contributed by atoms with Gasteiger partial charge in [0.25, 0.3) is 0 Å². The molecule has 0 radical (unpaired) electrons. The number of hydrogen-bond acceptors (Lipinski definition) is 1. The van der Waals surface area contributed by atoms with Crippen molar-refractivity contribution in [1.29, 1.82) is 0 Å². The van der Waals surface area contributed by atoms with Gasteiger partial charge in [-0.1, -0.05) is 0 Å². The molecule has 1 aliphatic rings. The van der Waals surface area contributed by atoms with Crippen LogP contribution in [-0.2, 0) is 6.54 Å². The molecule has 0 spiro atoms. The summed E-state index contributed by atoms with van der Waals surface area (Å²) in [7, 11) is 0. The summed E-state index contributed by atoms with van der Waals surface area (Å²) in [5.41, 5.74) is 3.80. The Morgan fingerprint density at radius 2 is 2.18 bits per heavy atom. The average molecular weight is 148 g/mol. The van der Waals surface area contributed by atoms with E-state index < -0.39 is 0 Å². The molecule has 1 aromatic rings. The molecule has 0 N–H and O–H groups in total. The molecule has 2 nitrogen and oxygen atoms in total. The summed E-state index contributed by atoms with van der Waals surface area (Å²) in [6.07, 6.45) is 0. The lowest BCUT2D eigenvalue weighted by molar-refractivity contribution is 0.671. The van der Waals surface area contributed by atoms with E-state index in [1.54, 1.807) is 0 Å². The second-order valence-electron chi connectivity index (χ2n) is 2.98. The Labute approximate surface area is 66.6 Å². The van der Waals surface area contributed by atoms with Gasteiger partial charge in [-0.05, 0) is 26.0 Å². The number of hydrogen-bond donors (Lipinski definition) is 0. The fourth-order valence-electron chi connectivity index (χ4n) is 1.58. The van der Waals surface area contributed by atoms with Gasteiger partial charge in [0.15, 0.2) is 0 Å². The van der Waals surface area contributed by atoms with Crippen molar-refractivity contribution >= 4 is 5.71 Å². The van der Waals surface area contributed by atoms with E-state index in [4.69, 9.17) is 0 Å². The topological polar surface area (TPSA) is 17.3 Å². The van der Waals surface area contributed by atoms with Crippen molar-refractivity contribution in [2.45, 2.75) is 20.4 Å². The molecular formula is C9H12N2. The van der Waals surface area contributed by atoms with Crippen LogP contribution in [0.4, 0.5) is 0 Å². The first-order valence-electron chi connectivity index (χ1n) is 3.96. The second kappa shape index (κ2) is 2.22. The normalized spacial score (nSPS) is 16.0. The minimum Gasteiger partial charge on any atom is -0.342 e. The van der Waals surface area contributed by atoms with E-state index in [-0.39, 0.29) is 0 Å². The molecule has 0 atom stereocenters. The van der Waals surface area contributed by atoms with Crippen molar-refractivity contribution in [3.8, 4) is 0 Å². The van der Waals surface area contributed by atoms with E-state index in [0.29, 0.717) is 0 Å². The SMILES string of the molecule is CC1=NCCn2c(C)ccc21. The zero-order valence-electron chi connectivity index (χ0n) is 6.96. The molecule has 0 aliphatic carbocycles. The number of rotatable bonds is 0. The number of nitrogens with zero attached hydrogens (tertiary/aromatic N) is 2. The Hall–Kier alpha value is -1.05. The molecule has 0 bridgehead atoms. The quantitative estimate of drug-likeness (QED) is 0.532. The predicted octanol–water partition coefficient (Wildman–Crippen LogP) is 1.62. The summed E-state index contributed by atoms with van der Waals surface area (Å²) >= 11 is 0. The van der Waals surface area contributed by atoms with E-state index in [9.17, 15) is 0 Å². The summed E-state index contributed by atoms with van der Waals surface area (Å²) in [6, 6.07) is 4.30. The third-order valence-electron chi connectivity index (χ3n) is 2.24. The van der Waals surface area contributed by atoms with Gasteiger partial charge in [-0.15, -0.1) is 0 Å². The fourth-order valence-corrected chi connectivity index (χ4v) is 1.58. The molecule has 58 valence electrons. The first-order valence-corrected chi connectivity index (χ1v) is 3.96. The van der Waals surface area contributed by atoms with Crippen molar-refractivity contribution in [3.63, 3.8) is 0 Å². The maximum Gasteiger partial charge on any atom is 0.0620 e. The van der Waals surface area contributed by atoms with Gasteiger partial charge >= 0.3 is 0 Å². The minimum atomic E-state index is 0.939. The highest BCUT2D eigenvalue weighted by Crippen LogP contribution is 2.12. The molecule has 2 heteroatoms. The summed E-state index contributed by atoms with van der Waals surface area (Å²) in [6.45, 7) is 6.20. The van der Waals surface area contributed by atoms with Crippen LogP contribution in [0.2, 0.25) is 0 Å². The van der Waals surface area contributed by atoms with Crippen molar-refractivity contribution in [2.24, 2.45) is 4.99 Å². The summed E-state index contributed by atoms with van der Waals surface area (Å²) < 4.78 is 2.32. The molecule has 0 saturated heterocycles. The van der Waals surface area contributed by atoms with Crippen LogP contribution in [0.15, 0.2) is 17.1 Å². The summed E-state index contributed by atoms with van der Waals surface area (Å²) in [5.74, 6) is 0. The third kappa shape index (κ3) is 0.897. The Balaban J connectivity index is 2.58. The van der Waals surface area contributed by atoms with Crippen LogP contribution in [0.5, 0.6) is 0 Å². The smallest absolute Gasteiger partial charge is 0.0620 e. The number of aliphatic imine (C=N–C) groups is 1. The van der Waals surface area contributed by atoms with Crippen molar-refractivity contribution in [3.05, 3.63) is 23.5 Å². The van der Waals surface area contributed by atoms with E-state index in [1.807, 2.05) is 0 Å². The zero-order chi connectivity index (χ0) is 7.84. The monoisotopic (exact) mass is 148 g/mol. The van der Waals surface area contributed by atoms with Gasteiger partial charge in [-0.3, -0.25) is 4.99 Å². The van der Waals surface area contributed by atoms with Gasteiger partial charge in [0.05, 0.1) is 18.0 Å². The maximum absolute atomic E-state index is 4.38. The lowest BCUT2D eigenvalue weighted by Crippen LogP contribution is -2.16. The Kier molecular flexibility index (Phi) is 1.34. The van der Waals surface area contributed by atoms with Gasteiger partial charge in [-0.2, -0.15) is 0 Å². The standard InChI is InChI=1S/C9H12N2/c1-7-3-4-9-8(2)10-5-6-11(7)9/h3-4H,5-6H2,1-2H3. The molecule has 1 aliphatic heterocycles. The van der Waals surface area contributed by atoms with Gasteiger partial charge in [-0.25, -0.2) is 0 Å². The van der Waals surface area contributed by atoms with Crippen LogP contribution in [0.25, 0.3) is 0 Å². The molecular weight excluding hydrogens is 136 g/mol. The molecule has 0 fully saturated rings. The van der Waals surface area contributed by atoms with Crippen LogP contribution in [0.3, 0.4) is 0 Å². The number of aromatic nitrogens is 1. The Bertz CT molecular complexity index is 307. The maximum atomic E-state index is 4.38. The third-order valence-corrected chi connectivity index (χ3v) is 2.24. The lowest BCUT2D eigenvalue weighted by Gasteiger charge is -2.14. The van der Waals surface area contributed by atoms with Gasteiger partial charge in [0.1, 0.15) is 0 Å². The Morgan fingerprint density at radius 3 is 2.91 bits per heavy atom. The van der Waals surface area contributed by atoms with Crippen molar-refractivity contribution < 1.29 is 0 Å². The molecule has 1 aromatic heterocycles. The van der Waals surface area contributed by atoms with Gasteiger partial charge < -0.3 is 4.57 Å². The molecule has 0 aromatic carbocycles. The predicted molar refractivity (Wildman–Crippen MR) is 46.2 cm³/mol. The zero-order valence-corrected chi connectivity index (χ0v) is 6.96. The molecule has 0 unspecified atom stereocenters. The van der Waals surface area contributed by atoms with Crippen LogP contribution < -0.4 is 0 Å².